The number of rotatable bonds is 6. The third-order valence-corrected chi connectivity index (χ3v) is 5.80. The highest BCUT2D eigenvalue weighted by molar-refractivity contribution is 6.33. The molecular weight excluding hydrogens is 452 g/mol. The van der Waals surface area contributed by atoms with Gasteiger partial charge in [-0.05, 0) is 23.8 Å². The molecule has 7 nitrogen and oxygen atoms in total. The van der Waals surface area contributed by atoms with E-state index >= 15 is 0 Å². The van der Waals surface area contributed by atoms with Gasteiger partial charge in [0.15, 0.2) is 0 Å². The summed E-state index contributed by atoms with van der Waals surface area (Å²) in [7, 11) is 1.85. The molecule has 3 aromatic carbocycles. The van der Waals surface area contributed by atoms with Crippen molar-refractivity contribution in [1.29, 1.82) is 0 Å². The summed E-state index contributed by atoms with van der Waals surface area (Å²) in [6.07, 6.45) is 1.62. The molecular formula is C26H23ClN4O3. The van der Waals surface area contributed by atoms with Crippen LogP contribution in [0.4, 0.5) is 0 Å². The molecule has 4 rings (SSSR count). The highest BCUT2D eigenvalue weighted by Gasteiger charge is 2.21. The lowest BCUT2D eigenvalue weighted by atomic mass is 10.0. The van der Waals surface area contributed by atoms with E-state index in [9.17, 15) is 14.4 Å². The monoisotopic (exact) mass is 474 g/mol. The zero-order chi connectivity index (χ0) is 24.1. The zero-order valence-corrected chi connectivity index (χ0v) is 19.2. The summed E-state index contributed by atoms with van der Waals surface area (Å²) in [5.41, 5.74) is 7.34. The van der Waals surface area contributed by atoms with Crippen molar-refractivity contribution in [1.82, 2.24) is 20.7 Å². The molecule has 0 fully saturated rings. The summed E-state index contributed by atoms with van der Waals surface area (Å²) in [4.78, 5) is 38.2. The molecule has 0 aliphatic rings. The van der Waals surface area contributed by atoms with Crippen molar-refractivity contribution in [3.8, 4) is 0 Å². The van der Waals surface area contributed by atoms with Crippen LogP contribution < -0.4 is 16.2 Å². The Bertz CT molecular complexity index is 1350. The highest BCUT2D eigenvalue weighted by Crippen LogP contribution is 2.21. The van der Waals surface area contributed by atoms with Crippen molar-refractivity contribution in [3.05, 3.63) is 107 Å². The topological polar surface area (TPSA) is 92.2 Å². The van der Waals surface area contributed by atoms with Crippen LogP contribution in [0.1, 0.15) is 38.7 Å². The van der Waals surface area contributed by atoms with E-state index in [1.54, 1.807) is 30.5 Å². The van der Waals surface area contributed by atoms with Crippen molar-refractivity contribution >= 4 is 40.2 Å². The number of carbonyl (C=O) groups excluding carboxylic acids is 3. The van der Waals surface area contributed by atoms with E-state index in [1.807, 2.05) is 66.2 Å². The van der Waals surface area contributed by atoms with E-state index in [2.05, 4.69) is 16.2 Å². The largest absolute Gasteiger partial charge is 0.350 e. The molecule has 0 radical (unpaired) electrons. The number of halogens is 1. The predicted octanol–water partition coefficient (Wildman–Crippen LogP) is 4.15. The average molecular weight is 475 g/mol. The van der Waals surface area contributed by atoms with Crippen molar-refractivity contribution in [2.45, 2.75) is 12.5 Å². The molecule has 3 amide bonds. The highest BCUT2D eigenvalue weighted by atomic mass is 35.5. The standard InChI is InChI=1S/C26H23ClN4O3/c1-31-16-20(18-11-6-8-14-23(18)31)26(34)30-29-24(32)15-22(17-9-3-2-4-10-17)28-25(33)19-12-5-7-13-21(19)27/h2-14,16,22H,15H2,1H3,(H,28,33)(H,29,32)(H,30,34)/t22-/m1/s1. The fourth-order valence-electron chi connectivity index (χ4n) is 3.77. The molecule has 1 atom stereocenters. The molecule has 34 heavy (non-hydrogen) atoms. The summed E-state index contributed by atoms with van der Waals surface area (Å²) in [5.74, 6) is -1.28. The van der Waals surface area contributed by atoms with Gasteiger partial charge < -0.3 is 9.88 Å². The second-order valence-corrected chi connectivity index (χ2v) is 8.20. The minimum absolute atomic E-state index is 0.0873. The van der Waals surface area contributed by atoms with Crippen molar-refractivity contribution in [2.75, 3.05) is 0 Å². The number of carbonyl (C=O) groups is 3. The van der Waals surface area contributed by atoms with Crippen molar-refractivity contribution in [2.24, 2.45) is 7.05 Å². The Morgan fingerprint density at radius 2 is 1.50 bits per heavy atom. The number of hydrogen-bond donors (Lipinski definition) is 3. The number of hydrogen-bond acceptors (Lipinski definition) is 3. The summed E-state index contributed by atoms with van der Waals surface area (Å²) >= 11 is 6.15. The fourth-order valence-corrected chi connectivity index (χ4v) is 3.99. The number of fused-ring (bicyclic) bond motifs is 1. The van der Waals surface area contributed by atoms with Crippen LogP contribution in [0.25, 0.3) is 10.9 Å². The number of amides is 3. The number of aromatic nitrogens is 1. The second-order valence-electron chi connectivity index (χ2n) is 7.79. The summed E-state index contributed by atoms with van der Waals surface area (Å²) < 4.78 is 1.85. The summed E-state index contributed by atoms with van der Waals surface area (Å²) in [6, 6.07) is 22.7. The van der Waals surface area contributed by atoms with E-state index < -0.39 is 23.8 Å². The first-order valence-electron chi connectivity index (χ1n) is 10.7. The van der Waals surface area contributed by atoms with Crippen LogP contribution in [0.5, 0.6) is 0 Å². The molecule has 0 unspecified atom stereocenters. The van der Waals surface area contributed by atoms with Gasteiger partial charge in [-0.2, -0.15) is 0 Å². The van der Waals surface area contributed by atoms with E-state index in [-0.39, 0.29) is 6.42 Å². The molecule has 0 saturated carbocycles. The van der Waals surface area contributed by atoms with Gasteiger partial charge in [0.2, 0.25) is 5.91 Å². The smallest absolute Gasteiger partial charge is 0.271 e. The van der Waals surface area contributed by atoms with Gasteiger partial charge in [-0.3, -0.25) is 25.2 Å². The van der Waals surface area contributed by atoms with Crippen molar-refractivity contribution in [3.63, 3.8) is 0 Å². The van der Waals surface area contributed by atoms with Crippen LogP contribution in [-0.4, -0.2) is 22.3 Å². The van der Waals surface area contributed by atoms with Gasteiger partial charge >= 0.3 is 0 Å². The lowest BCUT2D eigenvalue weighted by molar-refractivity contribution is -0.122. The van der Waals surface area contributed by atoms with Gasteiger partial charge in [-0.15, -0.1) is 0 Å². The van der Waals surface area contributed by atoms with E-state index in [1.165, 1.54) is 0 Å². The molecule has 1 aromatic heterocycles. The van der Waals surface area contributed by atoms with Crippen LogP contribution in [0.3, 0.4) is 0 Å². The van der Waals surface area contributed by atoms with Gasteiger partial charge in [-0.25, -0.2) is 0 Å². The second kappa shape index (κ2) is 10.2. The van der Waals surface area contributed by atoms with Crippen molar-refractivity contribution < 1.29 is 14.4 Å². The predicted molar refractivity (Wildman–Crippen MR) is 131 cm³/mol. The third kappa shape index (κ3) is 5.10. The summed E-state index contributed by atoms with van der Waals surface area (Å²) in [5, 5.41) is 3.97. The van der Waals surface area contributed by atoms with Crippen LogP contribution in [0, 0.1) is 0 Å². The molecule has 4 aromatic rings. The molecule has 0 aliphatic carbocycles. The van der Waals surface area contributed by atoms with Gasteiger partial charge in [0.25, 0.3) is 11.8 Å². The van der Waals surface area contributed by atoms with E-state index in [0.717, 1.165) is 16.5 Å². The minimum atomic E-state index is -0.626. The Labute approximate surface area is 201 Å². The average Bonchev–Trinajstić information content (AvgIpc) is 3.19. The Morgan fingerprint density at radius 1 is 0.824 bits per heavy atom. The Morgan fingerprint density at radius 3 is 2.26 bits per heavy atom. The maximum Gasteiger partial charge on any atom is 0.271 e. The normalized spacial score (nSPS) is 11.6. The SMILES string of the molecule is Cn1cc(C(=O)NNC(=O)C[C@@H](NC(=O)c2ccccc2Cl)c2ccccc2)c2ccccc21. The Balaban J connectivity index is 1.45. The van der Waals surface area contributed by atoms with Crippen LogP contribution in [0.15, 0.2) is 85.1 Å². The molecule has 8 heteroatoms. The molecule has 3 N–H and O–H groups in total. The van der Waals surface area contributed by atoms with Gasteiger partial charge in [0.1, 0.15) is 0 Å². The van der Waals surface area contributed by atoms with Crippen LogP contribution in [-0.2, 0) is 11.8 Å². The summed E-state index contributed by atoms with van der Waals surface area (Å²) in [6.45, 7) is 0. The third-order valence-electron chi connectivity index (χ3n) is 5.47. The number of nitrogens with zero attached hydrogens (tertiary/aromatic N) is 1. The van der Waals surface area contributed by atoms with Gasteiger partial charge in [0.05, 0.1) is 28.6 Å². The van der Waals surface area contributed by atoms with Crippen LogP contribution >= 0.6 is 11.6 Å². The maximum absolute atomic E-state index is 12.8. The number of hydrazine groups is 1. The lowest BCUT2D eigenvalue weighted by Gasteiger charge is -2.19. The first-order chi connectivity index (χ1) is 16.4. The van der Waals surface area contributed by atoms with Crippen LogP contribution in [0.2, 0.25) is 5.02 Å². The lowest BCUT2D eigenvalue weighted by Crippen LogP contribution is -2.43. The first kappa shape index (κ1) is 23.1. The van der Waals surface area contributed by atoms with Gasteiger partial charge in [-0.1, -0.05) is 72.3 Å². The Hall–Kier alpha value is -4.10. The minimum Gasteiger partial charge on any atom is -0.350 e. The number of para-hydroxylation sites is 1. The molecule has 0 aliphatic heterocycles. The Kier molecular flexibility index (Phi) is 6.94. The molecule has 0 bridgehead atoms. The van der Waals surface area contributed by atoms with E-state index in [0.29, 0.717) is 16.1 Å². The molecule has 172 valence electrons. The quantitative estimate of drug-likeness (QED) is 0.366. The number of benzene rings is 3. The maximum atomic E-state index is 12.8. The molecule has 0 saturated heterocycles. The first-order valence-corrected chi connectivity index (χ1v) is 11.1. The number of nitrogens with one attached hydrogen (secondary N) is 3. The molecule has 1 heterocycles. The fraction of sp³-hybridized carbons (Fsp3) is 0.115. The molecule has 0 spiro atoms. The van der Waals surface area contributed by atoms with E-state index in [4.69, 9.17) is 11.6 Å². The number of aryl methyl sites for hydroxylation is 1. The zero-order valence-electron chi connectivity index (χ0n) is 18.4. The van der Waals surface area contributed by atoms with Gasteiger partial charge in [0, 0.05) is 24.1 Å².